The van der Waals surface area contributed by atoms with Crippen molar-refractivity contribution in [1.82, 2.24) is 15.1 Å². The quantitative estimate of drug-likeness (QED) is 0.472. The molecule has 1 rings (SSSR count). The molecule has 1 N–H and O–H groups in total. The highest BCUT2D eigenvalue weighted by Crippen LogP contribution is 2.06. The molecule has 0 aliphatic rings. The Kier molecular flexibility index (Phi) is 9.00. The van der Waals surface area contributed by atoms with E-state index in [0.717, 1.165) is 17.9 Å². The number of benzene rings is 1. The van der Waals surface area contributed by atoms with Crippen LogP contribution >= 0.6 is 24.0 Å². The molecule has 21 heavy (non-hydrogen) atoms. The van der Waals surface area contributed by atoms with Crippen molar-refractivity contribution in [2.45, 2.75) is 6.42 Å². The van der Waals surface area contributed by atoms with Gasteiger partial charge >= 0.3 is 0 Å². The fraction of sp³-hybridized carbons (Fsp3) is 0.467. The second-order valence-corrected chi connectivity index (χ2v) is 5.00. The van der Waals surface area contributed by atoms with Crippen LogP contribution in [0.1, 0.15) is 15.9 Å². The summed E-state index contributed by atoms with van der Waals surface area (Å²) in [5.41, 5.74) is 1.81. The number of nitrogens with one attached hydrogen (secondary N) is 1. The second kappa shape index (κ2) is 9.59. The number of nitrogens with zero attached hydrogens (tertiary/aromatic N) is 3. The first-order valence-corrected chi connectivity index (χ1v) is 6.65. The fourth-order valence-electron chi connectivity index (χ4n) is 1.98. The van der Waals surface area contributed by atoms with Crippen molar-refractivity contribution in [3.8, 4) is 0 Å². The topological polar surface area (TPSA) is 47.9 Å². The van der Waals surface area contributed by atoms with Gasteiger partial charge in [-0.15, -0.1) is 24.0 Å². The van der Waals surface area contributed by atoms with Gasteiger partial charge < -0.3 is 15.1 Å². The lowest BCUT2D eigenvalue weighted by Gasteiger charge is -2.22. The van der Waals surface area contributed by atoms with Crippen LogP contribution in [0.25, 0.3) is 0 Å². The number of amides is 1. The molecule has 0 aliphatic carbocycles. The smallest absolute Gasteiger partial charge is 0.251 e. The van der Waals surface area contributed by atoms with E-state index in [1.165, 1.54) is 0 Å². The van der Waals surface area contributed by atoms with Gasteiger partial charge in [0.1, 0.15) is 0 Å². The van der Waals surface area contributed by atoms with E-state index in [9.17, 15) is 4.79 Å². The minimum atomic E-state index is -0.0578. The number of guanidine groups is 1. The highest BCUT2D eigenvalue weighted by atomic mass is 127. The SMILES string of the molecule is CNC(=O)c1cccc(CCN=C(N(C)C)N(C)C)c1.I. The summed E-state index contributed by atoms with van der Waals surface area (Å²) in [5.74, 6) is 0.880. The molecule has 0 fully saturated rings. The molecule has 1 aromatic carbocycles. The van der Waals surface area contributed by atoms with Crippen LogP contribution in [0, 0.1) is 0 Å². The number of halogens is 1. The highest BCUT2D eigenvalue weighted by Gasteiger charge is 2.05. The van der Waals surface area contributed by atoms with Gasteiger partial charge in [0.25, 0.3) is 5.91 Å². The Bertz CT molecular complexity index is 476. The summed E-state index contributed by atoms with van der Waals surface area (Å²) in [7, 11) is 9.55. The lowest BCUT2D eigenvalue weighted by atomic mass is 10.1. The Morgan fingerprint density at radius 3 is 2.33 bits per heavy atom. The third-order valence-corrected chi connectivity index (χ3v) is 2.87. The summed E-state index contributed by atoms with van der Waals surface area (Å²) in [6, 6.07) is 7.66. The molecule has 0 atom stereocenters. The van der Waals surface area contributed by atoms with E-state index in [1.54, 1.807) is 7.05 Å². The standard InChI is InChI=1S/C15H24N4O.HI/c1-16-14(20)13-8-6-7-12(11-13)9-10-17-15(18(2)3)19(4)5;/h6-8,11H,9-10H2,1-5H3,(H,16,20);1H. The zero-order chi connectivity index (χ0) is 15.1. The Morgan fingerprint density at radius 1 is 1.19 bits per heavy atom. The van der Waals surface area contributed by atoms with Crippen molar-refractivity contribution >= 4 is 35.8 Å². The van der Waals surface area contributed by atoms with E-state index in [1.807, 2.05) is 62.3 Å². The van der Waals surface area contributed by atoms with Crippen LogP contribution in [0.4, 0.5) is 0 Å². The van der Waals surface area contributed by atoms with Crippen molar-refractivity contribution in [2.24, 2.45) is 4.99 Å². The minimum Gasteiger partial charge on any atom is -0.355 e. The maximum absolute atomic E-state index is 11.6. The van der Waals surface area contributed by atoms with E-state index in [4.69, 9.17) is 0 Å². The van der Waals surface area contributed by atoms with Gasteiger partial charge in [0.2, 0.25) is 0 Å². The van der Waals surface area contributed by atoms with Gasteiger partial charge in [0.15, 0.2) is 5.96 Å². The summed E-state index contributed by atoms with van der Waals surface area (Å²) >= 11 is 0. The van der Waals surface area contributed by atoms with E-state index in [2.05, 4.69) is 10.3 Å². The van der Waals surface area contributed by atoms with Crippen molar-refractivity contribution < 1.29 is 4.79 Å². The second-order valence-electron chi connectivity index (χ2n) is 5.00. The first kappa shape index (κ1) is 19.7. The molecule has 0 aromatic heterocycles. The van der Waals surface area contributed by atoms with Gasteiger partial charge in [-0.3, -0.25) is 9.79 Å². The Labute approximate surface area is 144 Å². The summed E-state index contributed by atoms with van der Waals surface area (Å²) in [6.07, 6.45) is 0.815. The Balaban J connectivity index is 0.00000400. The largest absolute Gasteiger partial charge is 0.355 e. The number of hydrogen-bond acceptors (Lipinski definition) is 2. The lowest BCUT2D eigenvalue weighted by Crippen LogP contribution is -2.35. The molecule has 0 spiro atoms. The molecule has 1 amide bonds. The molecule has 0 saturated carbocycles. The molecule has 6 heteroatoms. The van der Waals surface area contributed by atoms with Crippen molar-refractivity contribution in [1.29, 1.82) is 0 Å². The fourth-order valence-corrected chi connectivity index (χ4v) is 1.98. The molecule has 1 aromatic rings. The van der Waals surface area contributed by atoms with Gasteiger partial charge in [-0.05, 0) is 24.1 Å². The Morgan fingerprint density at radius 2 is 1.81 bits per heavy atom. The third-order valence-electron chi connectivity index (χ3n) is 2.87. The van der Waals surface area contributed by atoms with Crippen LogP contribution in [0.2, 0.25) is 0 Å². The van der Waals surface area contributed by atoms with Crippen LogP contribution < -0.4 is 5.32 Å². The summed E-state index contributed by atoms with van der Waals surface area (Å²) in [5, 5.41) is 2.63. The number of carbonyl (C=O) groups excluding carboxylic acids is 1. The molecule has 0 aliphatic heterocycles. The van der Waals surface area contributed by atoms with Crippen molar-refractivity contribution in [2.75, 3.05) is 41.8 Å². The third kappa shape index (κ3) is 6.33. The van der Waals surface area contributed by atoms with Crippen molar-refractivity contribution in [3.63, 3.8) is 0 Å². The molecular formula is C15H25IN4O. The molecule has 5 nitrogen and oxygen atoms in total. The average molecular weight is 404 g/mol. The number of carbonyl (C=O) groups is 1. The van der Waals surface area contributed by atoms with Gasteiger partial charge in [-0.25, -0.2) is 0 Å². The highest BCUT2D eigenvalue weighted by molar-refractivity contribution is 14.0. The van der Waals surface area contributed by atoms with E-state index in [0.29, 0.717) is 12.1 Å². The normalized spacial score (nSPS) is 9.38. The number of aliphatic imine (C=N–C) groups is 1. The first-order valence-electron chi connectivity index (χ1n) is 6.65. The predicted octanol–water partition coefficient (Wildman–Crippen LogP) is 1.69. The van der Waals surface area contributed by atoms with Gasteiger partial charge in [-0.1, -0.05) is 12.1 Å². The molecule has 118 valence electrons. The first-order chi connectivity index (χ1) is 9.45. The van der Waals surface area contributed by atoms with Crippen LogP contribution in [-0.4, -0.2) is 63.4 Å². The zero-order valence-corrected chi connectivity index (χ0v) is 15.7. The predicted molar refractivity (Wildman–Crippen MR) is 98.6 cm³/mol. The molecule has 0 unspecified atom stereocenters. The van der Waals surface area contributed by atoms with Crippen molar-refractivity contribution in [3.05, 3.63) is 35.4 Å². The molecular weight excluding hydrogens is 379 g/mol. The summed E-state index contributed by atoms with van der Waals surface area (Å²) < 4.78 is 0. The zero-order valence-electron chi connectivity index (χ0n) is 13.4. The van der Waals surface area contributed by atoms with Crippen LogP contribution in [0.5, 0.6) is 0 Å². The molecule has 0 radical (unpaired) electrons. The summed E-state index contributed by atoms with van der Waals surface area (Å²) in [6.45, 7) is 0.697. The van der Waals surface area contributed by atoms with E-state index < -0.39 is 0 Å². The Hall–Kier alpha value is -1.31. The monoisotopic (exact) mass is 404 g/mol. The van der Waals surface area contributed by atoms with Crippen LogP contribution in [-0.2, 0) is 6.42 Å². The minimum absolute atomic E-state index is 0. The lowest BCUT2D eigenvalue weighted by molar-refractivity contribution is 0.0963. The number of rotatable bonds is 4. The maximum atomic E-state index is 11.6. The van der Waals surface area contributed by atoms with E-state index in [-0.39, 0.29) is 29.9 Å². The van der Waals surface area contributed by atoms with E-state index >= 15 is 0 Å². The molecule has 0 bridgehead atoms. The maximum Gasteiger partial charge on any atom is 0.251 e. The van der Waals surface area contributed by atoms with Crippen LogP contribution in [0.3, 0.4) is 0 Å². The summed E-state index contributed by atoms with van der Waals surface area (Å²) in [4.78, 5) is 20.1. The van der Waals surface area contributed by atoms with Gasteiger partial charge in [-0.2, -0.15) is 0 Å². The van der Waals surface area contributed by atoms with Gasteiger partial charge in [0.05, 0.1) is 0 Å². The molecule has 0 heterocycles. The van der Waals surface area contributed by atoms with Crippen LogP contribution in [0.15, 0.2) is 29.3 Å². The van der Waals surface area contributed by atoms with Gasteiger partial charge in [0, 0.05) is 47.3 Å². The molecule has 0 saturated heterocycles. The average Bonchev–Trinajstić information content (AvgIpc) is 2.42. The number of hydrogen-bond donors (Lipinski definition) is 1.